The average Bonchev–Trinajstić information content (AvgIpc) is 2.41. The molecule has 1 amide bonds. The van der Waals surface area contributed by atoms with Crippen LogP contribution in [0.4, 0.5) is 4.79 Å². The summed E-state index contributed by atoms with van der Waals surface area (Å²) in [6, 6.07) is 7.59. The van der Waals surface area contributed by atoms with Gasteiger partial charge in [-0.05, 0) is 37.8 Å². The Bertz CT molecular complexity index is 553. The van der Waals surface area contributed by atoms with E-state index < -0.39 is 17.3 Å². The molecule has 0 aromatic heterocycles. The molecule has 5 nitrogen and oxygen atoms in total. The van der Waals surface area contributed by atoms with Crippen molar-refractivity contribution in [2.45, 2.75) is 57.2 Å². The molecule has 5 heteroatoms. The molecule has 22 heavy (non-hydrogen) atoms. The van der Waals surface area contributed by atoms with Crippen molar-refractivity contribution in [1.29, 1.82) is 0 Å². The average molecular weight is 305 g/mol. The van der Waals surface area contributed by atoms with Crippen molar-refractivity contribution in [1.82, 2.24) is 0 Å². The van der Waals surface area contributed by atoms with Gasteiger partial charge in [-0.2, -0.15) is 0 Å². The number of hydrogen-bond donors (Lipinski definition) is 2. The number of hydrogen-bond acceptors (Lipinski definition) is 4. The number of primary amides is 1. The van der Waals surface area contributed by atoms with Gasteiger partial charge in [0.05, 0.1) is 5.60 Å². The minimum absolute atomic E-state index is 0.214. The van der Waals surface area contributed by atoms with Gasteiger partial charge in [0.2, 0.25) is 0 Å². The maximum atomic E-state index is 11.3. The third-order valence-electron chi connectivity index (χ3n) is 4.13. The van der Waals surface area contributed by atoms with E-state index in [1.54, 1.807) is 13.8 Å². The monoisotopic (exact) mass is 305 g/mol. The highest BCUT2D eigenvalue weighted by atomic mass is 16.6. The van der Waals surface area contributed by atoms with Gasteiger partial charge in [0, 0.05) is 19.3 Å². The first-order chi connectivity index (χ1) is 10.2. The Morgan fingerprint density at radius 3 is 2.32 bits per heavy atom. The number of ether oxygens (including phenoxy) is 1. The van der Waals surface area contributed by atoms with Gasteiger partial charge >= 0.3 is 6.09 Å². The number of aliphatic hydroxyl groups is 1. The number of amides is 1. The molecule has 1 aliphatic carbocycles. The molecule has 0 spiro atoms. The lowest BCUT2D eigenvalue weighted by molar-refractivity contribution is -0.125. The van der Waals surface area contributed by atoms with Gasteiger partial charge in [-0.3, -0.25) is 4.79 Å². The topological polar surface area (TPSA) is 89.6 Å². The van der Waals surface area contributed by atoms with E-state index in [0.29, 0.717) is 32.1 Å². The summed E-state index contributed by atoms with van der Waals surface area (Å²) < 4.78 is 5.07. The van der Waals surface area contributed by atoms with Crippen LogP contribution in [0.3, 0.4) is 0 Å². The molecule has 120 valence electrons. The largest absolute Gasteiger partial charge is 0.443 e. The quantitative estimate of drug-likeness (QED) is 0.894. The van der Waals surface area contributed by atoms with Gasteiger partial charge in [0.25, 0.3) is 0 Å². The molecule has 0 radical (unpaired) electrons. The zero-order valence-electron chi connectivity index (χ0n) is 13.1. The molecule has 0 aliphatic heterocycles. The fourth-order valence-electron chi connectivity index (χ4n) is 2.96. The molecule has 1 saturated carbocycles. The van der Waals surface area contributed by atoms with Crippen molar-refractivity contribution in [3.8, 4) is 0 Å². The molecule has 0 saturated heterocycles. The number of ketones is 1. The third-order valence-corrected chi connectivity index (χ3v) is 4.13. The summed E-state index contributed by atoms with van der Waals surface area (Å²) in [7, 11) is 0. The van der Waals surface area contributed by atoms with E-state index >= 15 is 0 Å². The summed E-state index contributed by atoms with van der Waals surface area (Å²) in [5.74, 6) is 0.214. The minimum atomic E-state index is -0.911. The first-order valence-corrected chi connectivity index (χ1v) is 7.52. The maximum absolute atomic E-state index is 11.3. The van der Waals surface area contributed by atoms with Gasteiger partial charge in [-0.25, -0.2) is 4.79 Å². The van der Waals surface area contributed by atoms with Crippen LogP contribution < -0.4 is 5.73 Å². The van der Waals surface area contributed by atoms with E-state index in [-0.39, 0.29) is 5.78 Å². The zero-order valence-corrected chi connectivity index (χ0v) is 13.1. The first-order valence-electron chi connectivity index (χ1n) is 7.52. The van der Waals surface area contributed by atoms with Crippen LogP contribution in [0, 0.1) is 0 Å². The van der Waals surface area contributed by atoms with Crippen LogP contribution in [0.5, 0.6) is 0 Å². The zero-order chi connectivity index (χ0) is 16.4. The standard InChI is InChI=1S/C17H23NO4/c1-16(2,22-15(18)20)11-12-3-5-13(6-4-12)17(21)9-7-14(19)8-10-17/h3-6,21H,7-11H2,1-2H3,(H2,18,20). The predicted molar refractivity (Wildman–Crippen MR) is 82.3 cm³/mol. The summed E-state index contributed by atoms with van der Waals surface area (Å²) in [5, 5.41) is 10.7. The highest BCUT2D eigenvalue weighted by Crippen LogP contribution is 2.35. The van der Waals surface area contributed by atoms with Crippen LogP contribution in [0.1, 0.15) is 50.7 Å². The van der Waals surface area contributed by atoms with E-state index in [0.717, 1.165) is 11.1 Å². The molecule has 0 bridgehead atoms. The second-order valence-corrected chi connectivity index (χ2v) is 6.62. The lowest BCUT2D eigenvalue weighted by Crippen LogP contribution is -2.33. The van der Waals surface area contributed by atoms with Crippen LogP contribution in [-0.4, -0.2) is 22.6 Å². The highest BCUT2D eigenvalue weighted by Gasteiger charge is 2.34. The smallest absolute Gasteiger partial charge is 0.405 e. The number of carbonyl (C=O) groups is 2. The molecule has 1 fully saturated rings. The van der Waals surface area contributed by atoms with Gasteiger partial charge in [-0.15, -0.1) is 0 Å². The van der Waals surface area contributed by atoms with Crippen LogP contribution in [-0.2, 0) is 21.6 Å². The van der Waals surface area contributed by atoms with Crippen LogP contribution in [0.25, 0.3) is 0 Å². The summed E-state index contributed by atoms with van der Waals surface area (Å²) in [6.45, 7) is 3.60. The van der Waals surface area contributed by atoms with Crippen molar-refractivity contribution in [2.24, 2.45) is 5.73 Å². The molecule has 0 heterocycles. The van der Waals surface area contributed by atoms with Gasteiger partial charge in [0.15, 0.2) is 0 Å². The normalized spacial score (nSPS) is 18.0. The molecule has 1 aromatic rings. The van der Waals surface area contributed by atoms with Gasteiger partial charge in [0.1, 0.15) is 11.4 Å². The molecule has 0 unspecified atom stereocenters. The molecular weight excluding hydrogens is 282 g/mol. The molecular formula is C17H23NO4. The van der Waals surface area contributed by atoms with E-state index in [9.17, 15) is 14.7 Å². The molecule has 1 aromatic carbocycles. The summed E-state index contributed by atoms with van der Waals surface area (Å²) in [6.07, 6.45) is 1.55. The Morgan fingerprint density at radius 2 is 1.82 bits per heavy atom. The summed E-state index contributed by atoms with van der Waals surface area (Å²) in [4.78, 5) is 22.2. The molecule has 0 atom stereocenters. The Morgan fingerprint density at radius 1 is 1.27 bits per heavy atom. The number of carbonyl (C=O) groups excluding carboxylic acids is 2. The van der Waals surface area contributed by atoms with Crippen molar-refractivity contribution < 1.29 is 19.4 Å². The minimum Gasteiger partial charge on any atom is -0.443 e. The van der Waals surface area contributed by atoms with Gasteiger partial charge < -0.3 is 15.6 Å². The van der Waals surface area contributed by atoms with Gasteiger partial charge in [-0.1, -0.05) is 24.3 Å². The Balaban J connectivity index is 2.07. The summed E-state index contributed by atoms with van der Waals surface area (Å²) in [5.41, 5.74) is 5.29. The molecule has 2 rings (SSSR count). The van der Waals surface area contributed by atoms with E-state index in [2.05, 4.69) is 0 Å². The Labute approximate surface area is 130 Å². The predicted octanol–water partition coefficient (Wildman–Crippen LogP) is 2.43. The molecule has 3 N–H and O–H groups in total. The van der Waals surface area contributed by atoms with Crippen molar-refractivity contribution >= 4 is 11.9 Å². The molecule has 1 aliphatic rings. The van der Waals surface area contributed by atoms with E-state index in [1.807, 2.05) is 24.3 Å². The van der Waals surface area contributed by atoms with Crippen molar-refractivity contribution in [3.05, 3.63) is 35.4 Å². The fourth-order valence-corrected chi connectivity index (χ4v) is 2.96. The lowest BCUT2D eigenvalue weighted by Gasteiger charge is -2.32. The SMILES string of the molecule is CC(C)(Cc1ccc(C2(O)CCC(=O)CC2)cc1)OC(N)=O. The maximum Gasteiger partial charge on any atom is 0.405 e. The number of nitrogens with two attached hydrogens (primary N) is 1. The number of benzene rings is 1. The van der Waals surface area contributed by atoms with Crippen molar-refractivity contribution in [2.75, 3.05) is 0 Å². The van der Waals surface area contributed by atoms with E-state index in [4.69, 9.17) is 10.5 Å². The second kappa shape index (κ2) is 6.08. The third kappa shape index (κ3) is 4.07. The van der Waals surface area contributed by atoms with Crippen LogP contribution in [0.15, 0.2) is 24.3 Å². The summed E-state index contributed by atoms with van der Waals surface area (Å²) >= 11 is 0. The fraction of sp³-hybridized carbons (Fsp3) is 0.529. The highest BCUT2D eigenvalue weighted by molar-refractivity contribution is 5.79. The first kappa shape index (κ1) is 16.5. The number of Topliss-reactive ketones (excluding diaryl/α,β-unsaturated/α-hetero) is 1. The van der Waals surface area contributed by atoms with E-state index in [1.165, 1.54) is 0 Å². The Kier molecular flexibility index (Phi) is 4.56. The Hall–Kier alpha value is -1.88. The van der Waals surface area contributed by atoms with Crippen molar-refractivity contribution in [3.63, 3.8) is 0 Å². The number of rotatable bonds is 4. The van der Waals surface area contributed by atoms with Crippen LogP contribution in [0.2, 0.25) is 0 Å². The second-order valence-electron chi connectivity index (χ2n) is 6.62. The van der Waals surface area contributed by atoms with Crippen LogP contribution >= 0.6 is 0 Å². The lowest BCUT2D eigenvalue weighted by atomic mass is 9.79.